The number of aryl methyl sites for hydroxylation is 1. The number of hydrogen-bond donors (Lipinski definition) is 1. The summed E-state index contributed by atoms with van der Waals surface area (Å²) in [6.45, 7) is 9.14. The molecule has 27 heavy (non-hydrogen) atoms. The third-order valence-electron chi connectivity index (χ3n) is 4.44. The quantitative estimate of drug-likeness (QED) is 0.685. The molecule has 0 unspecified atom stereocenters. The Bertz CT molecular complexity index is 952. The van der Waals surface area contributed by atoms with Crippen LogP contribution in [0, 0.1) is 5.82 Å². The summed E-state index contributed by atoms with van der Waals surface area (Å²) < 4.78 is 15.1. The molecule has 0 saturated carbocycles. The first-order valence-corrected chi connectivity index (χ1v) is 9.03. The van der Waals surface area contributed by atoms with Crippen LogP contribution in [0.5, 0.6) is 0 Å². The predicted octanol–water partition coefficient (Wildman–Crippen LogP) is 5.26. The SMILES string of the molecule is CCn1nc(C(=O)Nc2cccc(F)c2)cc1-c1ccc(C(C)(C)C)cc1. The second-order valence-electron chi connectivity index (χ2n) is 7.52. The van der Waals surface area contributed by atoms with Crippen molar-refractivity contribution in [1.82, 2.24) is 9.78 Å². The fourth-order valence-electron chi connectivity index (χ4n) is 2.90. The molecule has 2 aromatic carbocycles. The zero-order valence-corrected chi connectivity index (χ0v) is 16.1. The average Bonchev–Trinajstić information content (AvgIpc) is 3.05. The van der Waals surface area contributed by atoms with E-state index in [9.17, 15) is 9.18 Å². The zero-order valence-electron chi connectivity index (χ0n) is 16.1. The Morgan fingerprint density at radius 2 is 1.81 bits per heavy atom. The first kappa shape index (κ1) is 18.8. The summed E-state index contributed by atoms with van der Waals surface area (Å²) >= 11 is 0. The van der Waals surface area contributed by atoms with Gasteiger partial charge in [0.15, 0.2) is 5.69 Å². The van der Waals surface area contributed by atoms with E-state index in [1.54, 1.807) is 22.9 Å². The largest absolute Gasteiger partial charge is 0.320 e. The van der Waals surface area contributed by atoms with E-state index in [0.29, 0.717) is 17.9 Å². The number of amides is 1. The number of halogens is 1. The van der Waals surface area contributed by atoms with Crippen LogP contribution in [0.4, 0.5) is 10.1 Å². The molecule has 1 heterocycles. The van der Waals surface area contributed by atoms with Crippen molar-refractivity contribution in [2.24, 2.45) is 0 Å². The lowest BCUT2D eigenvalue weighted by atomic mass is 9.86. The van der Waals surface area contributed by atoms with Gasteiger partial charge in [-0.2, -0.15) is 5.10 Å². The summed E-state index contributed by atoms with van der Waals surface area (Å²) in [5.41, 5.74) is 3.92. The molecule has 0 bridgehead atoms. The van der Waals surface area contributed by atoms with Crippen molar-refractivity contribution in [3.8, 4) is 11.3 Å². The van der Waals surface area contributed by atoms with E-state index in [1.165, 1.54) is 17.7 Å². The minimum Gasteiger partial charge on any atom is -0.320 e. The summed E-state index contributed by atoms with van der Waals surface area (Å²) in [7, 11) is 0. The maximum atomic E-state index is 13.3. The molecular formula is C22H24FN3O. The average molecular weight is 365 g/mol. The lowest BCUT2D eigenvalue weighted by Crippen LogP contribution is -2.13. The topological polar surface area (TPSA) is 46.9 Å². The molecule has 4 nitrogen and oxygen atoms in total. The molecule has 1 aromatic heterocycles. The fraction of sp³-hybridized carbons (Fsp3) is 0.273. The Morgan fingerprint density at radius 3 is 2.41 bits per heavy atom. The van der Waals surface area contributed by atoms with Crippen molar-refractivity contribution < 1.29 is 9.18 Å². The fourth-order valence-corrected chi connectivity index (χ4v) is 2.90. The summed E-state index contributed by atoms with van der Waals surface area (Å²) in [4.78, 5) is 12.5. The maximum absolute atomic E-state index is 13.3. The van der Waals surface area contributed by atoms with Gasteiger partial charge in [-0.15, -0.1) is 0 Å². The first-order valence-electron chi connectivity index (χ1n) is 9.03. The van der Waals surface area contributed by atoms with Crippen LogP contribution in [0.3, 0.4) is 0 Å². The van der Waals surface area contributed by atoms with E-state index < -0.39 is 5.82 Å². The summed E-state index contributed by atoms with van der Waals surface area (Å²) in [6, 6.07) is 15.9. The number of carbonyl (C=O) groups excluding carboxylic acids is 1. The summed E-state index contributed by atoms with van der Waals surface area (Å²) in [5, 5.41) is 7.10. The van der Waals surface area contributed by atoms with Crippen LogP contribution in [0.25, 0.3) is 11.3 Å². The number of nitrogens with one attached hydrogen (secondary N) is 1. The molecule has 3 aromatic rings. The van der Waals surface area contributed by atoms with Gasteiger partial charge in [0, 0.05) is 12.2 Å². The van der Waals surface area contributed by atoms with Crippen molar-refractivity contribution in [2.45, 2.75) is 39.7 Å². The smallest absolute Gasteiger partial charge is 0.276 e. The van der Waals surface area contributed by atoms with E-state index in [4.69, 9.17) is 0 Å². The number of aromatic nitrogens is 2. The molecule has 3 rings (SSSR count). The minimum atomic E-state index is -0.397. The summed E-state index contributed by atoms with van der Waals surface area (Å²) in [6.07, 6.45) is 0. The molecule has 0 atom stereocenters. The highest BCUT2D eigenvalue weighted by molar-refractivity contribution is 6.03. The second-order valence-corrected chi connectivity index (χ2v) is 7.52. The Hall–Kier alpha value is -2.95. The van der Waals surface area contributed by atoms with Crippen LogP contribution in [0.1, 0.15) is 43.7 Å². The lowest BCUT2D eigenvalue weighted by molar-refractivity contribution is 0.102. The number of benzene rings is 2. The van der Waals surface area contributed by atoms with Crippen molar-refractivity contribution >= 4 is 11.6 Å². The number of anilines is 1. The van der Waals surface area contributed by atoms with Crippen LogP contribution in [-0.4, -0.2) is 15.7 Å². The third-order valence-corrected chi connectivity index (χ3v) is 4.44. The van der Waals surface area contributed by atoms with Gasteiger partial charge in [-0.1, -0.05) is 51.1 Å². The first-order chi connectivity index (χ1) is 12.8. The minimum absolute atomic E-state index is 0.0829. The molecule has 0 aliphatic rings. The van der Waals surface area contributed by atoms with Gasteiger partial charge in [0.05, 0.1) is 5.69 Å². The van der Waals surface area contributed by atoms with Gasteiger partial charge >= 0.3 is 0 Å². The molecule has 0 radical (unpaired) electrons. The van der Waals surface area contributed by atoms with E-state index in [2.05, 4.69) is 55.5 Å². The number of nitrogens with zero attached hydrogens (tertiary/aromatic N) is 2. The van der Waals surface area contributed by atoms with Crippen LogP contribution < -0.4 is 5.32 Å². The van der Waals surface area contributed by atoms with Gasteiger partial charge in [0.2, 0.25) is 0 Å². The number of carbonyl (C=O) groups is 1. The third kappa shape index (κ3) is 4.25. The van der Waals surface area contributed by atoms with E-state index in [0.717, 1.165) is 11.3 Å². The molecule has 0 aliphatic heterocycles. The molecule has 5 heteroatoms. The Morgan fingerprint density at radius 1 is 1.11 bits per heavy atom. The normalized spacial score (nSPS) is 11.4. The molecule has 140 valence electrons. The highest BCUT2D eigenvalue weighted by atomic mass is 19.1. The van der Waals surface area contributed by atoms with Gasteiger partial charge in [0.1, 0.15) is 5.82 Å². The lowest BCUT2D eigenvalue weighted by Gasteiger charge is -2.19. The van der Waals surface area contributed by atoms with E-state index in [-0.39, 0.29) is 11.3 Å². The highest BCUT2D eigenvalue weighted by Gasteiger charge is 2.17. The molecular weight excluding hydrogens is 341 g/mol. The summed E-state index contributed by atoms with van der Waals surface area (Å²) in [5.74, 6) is -0.758. The van der Waals surface area contributed by atoms with Crippen LogP contribution >= 0.6 is 0 Å². The van der Waals surface area contributed by atoms with Crippen molar-refractivity contribution in [2.75, 3.05) is 5.32 Å². The van der Waals surface area contributed by atoms with Crippen molar-refractivity contribution in [3.05, 3.63) is 71.7 Å². The molecule has 0 spiro atoms. The molecule has 0 saturated heterocycles. The zero-order chi connectivity index (χ0) is 19.6. The van der Waals surface area contributed by atoms with Crippen molar-refractivity contribution in [3.63, 3.8) is 0 Å². The van der Waals surface area contributed by atoms with E-state index in [1.807, 2.05) is 6.92 Å². The molecule has 0 fully saturated rings. The molecule has 1 amide bonds. The number of hydrogen-bond acceptors (Lipinski definition) is 2. The monoisotopic (exact) mass is 365 g/mol. The number of rotatable bonds is 4. The highest BCUT2D eigenvalue weighted by Crippen LogP contribution is 2.27. The van der Waals surface area contributed by atoms with Gasteiger partial charge in [-0.05, 0) is 47.7 Å². The Kier molecular flexibility index (Phi) is 5.13. The molecule has 0 aliphatic carbocycles. The Balaban J connectivity index is 1.88. The van der Waals surface area contributed by atoms with Crippen molar-refractivity contribution in [1.29, 1.82) is 0 Å². The van der Waals surface area contributed by atoms with Gasteiger partial charge in [-0.25, -0.2) is 4.39 Å². The van der Waals surface area contributed by atoms with Crippen LogP contribution in [0.2, 0.25) is 0 Å². The Labute approximate surface area is 159 Å². The van der Waals surface area contributed by atoms with Gasteiger partial charge in [-0.3, -0.25) is 9.48 Å². The standard InChI is InChI=1S/C22H24FN3O/c1-5-26-20(15-9-11-16(12-10-15)22(2,3)4)14-19(25-26)21(27)24-18-8-6-7-17(23)13-18/h6-14H,5H2,1-4H3,(H,24,27). The molecule has 1 N–H and O–H groups in total. The maximum Gasteiger partial charge on any atom is 0.276 e. The van der Waals surface area contributed by atoms with Crippen LogP contribution in [0.15, 0.2) is 54.6 Å². The van der Waals surface area contributed by atoms with Gasteiger partial charge in [0.25, 0.3) is 5.91 Å². The van der Waals surface area contributed by atoms with Crippen LogP contribution in [-0.2, 0) is 12.0 Å². The predicted molar refractivity (Wildman–Crippen MR) is 106 cm³/mol. The van der Waals surface area contributed by atoms with Gasteiger partial charge < -0.3 is 5.32 Å². The second kappa shape index (κ2) is 7.35. The van der Waals surface area contributed by atoms with E-state index >= 15 is 0 Å².